The molecular weight excluding hydrogens is 272 g/mol. The molecule has 0 aromatic heterocycles. The van der Waals surface area contributed by atoms with E-state index in [9.17, 15) is 4.79 Å². The number of nitrogens with one attached hydrogen (secondary N) is 2. The summed E-state index contributed by atoms with van der Waals surface area (Å²) in [5.74, 6) is 0. The van der Waals surface area contributed by atoms with Crippen molar-refractivity contribution in [3.8, 4) is 0 Å². The summed E-state index contributed by atoms with van der Waals surface area (Å²) in [6.45, 7) is 1.23. The van der Waals surface area contributed by atoms with Gasteiger partial charge in [0.1, 0.15) is 0 Å². The molecule has 0 fully saturated rings. The molecule has 2 amide bonds. The van der Waals surface area contributed by atoms with E-state index < -0.39 is 0 Å². The van der Waals surface area contributed by atoms with Gasteiger partial charge in [-0.3, -0.25) is 0 Å². The number of benzene rings is 1. The molecule has 0 bridgehead atoms. The number of rotatable bonds is 5. The number of carbonyl (C=O) groups is 1. The first-order valence-electron chi connectivity index (χ1n) is 7.18. The highest BCUT2D eigenvalue weighted by Gasteiger charge is 2.04. The summed E-state index contributed by atoms with van der Waals surface area (Å²) < 4.78 is 0. The first-order valence-corrected chi connectivity index (χ1v) is 7.56. The molecule has 20 heavy (non-hydrogen) atoms. The fraction of sp³-hybridized carbons (Fsp3) is 0.438. The molecule has 0 saturated carbocycles. The molecule has 1 aromatic carbocycles. The maximum atomic E-state index is 11.7. The quantitative estimate of drug-likeness (QED) is 0.791. The van der Waals surface area contributed by atoms with Gasteiger partial charge in [-0.1, -0.05) is 35.4 Å². The van der Waals surface area contributed by atoms with Crippen LogP contribution in [-0.4, -0.2) is 12.6 Å². The van der Waals surface area contributed by atoms with Crippen LogP contribution in [0.4, 0.5) is 4.79 Å². The normalized spacial score (nSPS) is 14.6. The zero-order valence-electron chi connectivity index (χ0n) is 11.6. The lowest BCUT2D eigenvalue weighted by atomic mass is 9.97. The van der Waals surface area contributed by atoms with Gasteiger partial charge in [0, 0.05) is 18.1 Å². The van der Waals surface area contributed by atoms with E-state index in [-0.39, 0.29) is 6.03 Å². The monoisotopic (exact) mass is 292 g/mol. The lowest BCUT2D eigenvalue weighted by Gasteiger charge is -2.13. The van der Waals surface area contributed by atoms with Crippen molar-refractivity contribution in [2.75, 3.05) is 6.54 Å². The van der Waals surface area contributed by atoms with Crippen LogP contribution in [0.25, 0.3) is 0 Å². The number of allylic oxidation sites excluding steroid dienone is 1. The highest BCUT2D eigenvalue weighted by atomic mass is 35.5. The molecule has 0 heterocycles. The molecule has 0 saturated heterocycles. The van der Waals surface area contributed by atoms with Crippen molar-refractivity contribution in [1.29, 1.82) is 0 Å². The number of amides is 2. The molecule has 4 heteroatoms. The molecule has 0 unspecified atom stereocenters. The minimum Gasteiger partial charge on any atom is -0.338 e. The highest BCUT2D eigenvalue weighted by molar-refractivity contribution is 6.30. The van der Waals surface area contributed by atoms with Crippen LogP contribution in [0.15, 0.2) is 35.9 Å². The van der Waals surface area contributed by atoms with Gasteiger partial charge in [-0.2, -0.15) is 0 Å². The van der Waals surface area contributed by atoms with Crippen molar-refractivity contribution in [2.24, 2.45) is 0 Å². The van der Waals surface area contributed by atoms with Gasteiger partial charge in [-0.15, -0.1) is 0 Å². The van der Waals surface area contributed by atoms with Crippen molar-refractivity contribution in [3.05, 3.63) is 46.5 Å². The molecule has 2 rings (SSSR count). The van der Waals surface area contributed by atoms with E-state index in [2.05, 4.69) is 16.7 Å². The largest absolute Gasteiger partial charge is 0.338 e. The SMILES string of the molecule is O=C(NCCC1=CCCCC1)NCc1ccc(Cl)cc1. The molecule has 2 N–H and O–H groups in total. The van der Waals surface area contributed by atoms with Crippen molar-refractivity contribution in [3.63, 3.8) is 0 Å². The number of halogens is 1. The van der Waals surface area contributed by atoms with Gasteiger partial charge in [-0.05, 0) is 49.8 Å². The second-order valence-electron chi connectivity index (χ2n) is 5.09. The average Bonchev–Trinajstić information content (AvgIpc) is 2.48. The van der Waals surface area contributed by atoms with Crippen LogP contribution in [0.2, 0.25) is 5.02 Å². The van der Waals surface area contributed by atoms with Crippen LogP contribution in [-0.2, 0) is 6.54 Å². The van der Waals surface area contributed by atoms with Gasteiger partial charge in [0.15, 0.2) is 0 Å². The second kappa shape index (κ2) is 7.95. The van der Waals surface area contributed by atoms with E-state index in [0.29, 0.717) is 18.1 Å². The predicted octanol–water partition coefficient (Wildman–Crippen LogP) is 4.03. The van der Waals surface area contributed by atoms with Crippen LogP contribution in [0.1, 0.15) is 37.7 Å². The van der Waals surface area contributed by atoms with Crippen molar-refractivity contribution in [1.82, 2.24) is 10.6 Å². The summed E-state index contributed by atoms with van der Waals surface area (Å²) in [5, 5.41) is 6.45. The minimum absolute atomic E-state index is 0.114. The fourth-order valence-electron chi connectivity index (χ4n) is 2.32. The van der Waals surface area contributed by atoms with Crippen LogP contribution < -0.4 is 10.6 Å². The Morgan fingerprint density at radius 3 is 2.65 bits per heavy atom. The fourth-order valence-corrected chi connectivity index (χ4v) is 2.44. The van der Waals surface area contributed by atoms with Gasteiger partial charge in [-0.25, -0.2) is 4.79 Å². The van der Waals surface area contributed by atoms with E-state index in [1.807, 2.05) is 24.3 Å². The minimum atomic E-state index is -0.114. The Kier molecular flexibility index (Phi) is 5.93. The molecule has 0 radical (unpaired) electrons. The zero-order valence-corrected chi connectivity index (χ0v) is 12.4. The van der Waals surface area contributed by atoms with Gasteiger partial charge in [0.2, 0.25) is 0 Å². The smallest absolute Gasteiger partial charge is 0.315 e. The molecule has 108 valence electrons. The third-order valence-corrected chi connectivity index (χ3v) is 3.74. The lowest BCUT2D eigenvalue weighted by Crippen LogP contribution is -2.35. The number of urea groups is 1. The predicted molar refractivity (Wildman–Crippen MR) is 82.9 cm³/mol. The van der Waals surface area contributed by atoms with Gasteiger partial charge < -0.3 is 10.6 Å². The second-order valence-corrected chi connectivity index (χ2v) is 5.53. The molecular formula is C16H21ClN2O. The number of hydrogen-bond acceptors (Lipinski definition) is 1. The third-order valence-electron chi connectivity index (χ3n) is 3.48. The molecule has 1 aromatic rings. The molecule has 0 aliphatic heterocycles. The summed E-state index contributed by atoms with van der Waals surface area (Å²) in [5.41, 5.74) is 2.52. The Labute approximate surface area is 125 Å². The molecule has 3 nitrogen and oxygen atoms in total. The summed E-state index contributed by atoms with van der Waals surface area (Å²) >= 11 is 5.81. The summed E-state index contributed by atoms with van der Waals surface area (Å²) in [6.07, 6.45) is 8.25. The summed E-state index contributed by atoms with van der Waals surface area (Å²) in [7, 11) is 0. The number of carbonyl (C=O) groups excluding carboxylic acids is 1. The Balaban J connectivity index is 1.62. The van der Waals surface area contributed by atoms with E-state index >= 15 is 0 Å². The topological polar surface area (TPSA) is 41.1 Å². The number of hydrogen-bond donors (Lipinski definition) is 2. The Bertz CT molecular complexity index is 468. The van der Waals surface area contributed by atoms with Gasteiger partial charge in [0.05, 0.1) is 0 Å². The zero-order chi connectivity index (χ0) is 14.2. The van der Waals surface area contributed by atoms with Crippen LogP contribution >= 0.6 is 11.6 Å². The first-order chi connectivity index (χ1) is 9.74. The highest BCUT2D eigenvalue weighted by Crippen LogP contribution is 2.19. The third kappa shape index (κ3) is 5.25. The van der Waals surface area contributed by atoms with Crippen molar-refractivity contribution >= 4 is 17.6 Å². The maximum Gasteiger partial charge on any atom is 0.315 e. The Hall–Kier alpha value is -1.48. The Morgan fingerprint density at radius 1 is 1.15 bits per heavy atom. The van der Waals surface area contributed by atoms with Gasteiger partial charge in [0.25, 0.3) is 0 Å². The van der Waals surface area contributed by atoms with Crippen LogP contribution in [0.3, 0.4) is 0 Å². The first kappa shape index (κ1) is 14.9. The average molecular weight is 293 g/mol. The van der Waals surface area contributed by atoms with Crippen LogP contribution in [0.5, 0.6) is 0 Å². The molecule has 0 spiro atoms. The van der Waals surface area contributed by atoms with E-state index in [1.54, 1.807) is 0 Å². The lowest BCUT2D eigenvalue weighted by molar-refractivity contribution is 0.240. The van der Waals surface area contributed by atoms with Crippen molar-refractivity contribution < 1.29 is 4.79 Å². The molecule has 1 aliphatic carbocycles. The standard InChI is InChI=1S/C16H21ClN2O/c17-15-8-6-14(7-9-15)12-19-16(20)18-11-10-13-4-2-1-3-5-13/h4,6-9H,1-3,5,10-12H2,(H2,18,19,20). The maximum absolute atomic E-state index is 11.7. The molecule has 0 atom stereocenters. The van der Waals surface area contributed by atoms with Crippen LogP contribution in [0, 0.1) is 0 Å². The Morgan fingerprint density at radius 2 is 1.95 bits per heavy atom. The van der Waals surface area contributed by atoms with Crippen molar-refractivity contribution in [2.45, 2.75) is 38.6 Å². The van der Waals surface area contributed by atoms with Gasteiger partial charge >= 0.3 is 6.03 Å². The summed E-state index contributed by atoms with van der Waals surface area (Å²) in [6, 6.07) is 7.36. The molecule has 1 aliphatic rings. The summed E-state index contributed by atoms with van der Waals surface area (Å²) in [4.78, 5) is 11.7. The van der Waals surface area contributed by atoms with E-state index in [4.69, 9.17) is 11.6 Å². The van der Waals surface area contributed by atoms with E-state index in [1.165, 1.54) is 31.3 Å². The van der Waals surface area contributed by atoms with E-state index in [0.717, 1.165) is 12.0 Å².